The van der Waals surface area contributed by atoms with E-state index in [9.17, 15) is 40.3 Å². The van der Waals surface area contributed by atoms with Crippen LogP contribution in [0, 0.1) is 5.82 Å². The highest BCUT2D eigenvalue weighted by molar-refractivity contribution is 8.00. The lowest BCUT2D eigenvalue weighted by Crippen LogP contribution is -2.28. The van der Waals surface area contributed by atoms with Crippen molar-refractivity contribution in [3.05, 3.63) is 132 Å². The van der Waals surface area contributed by atoms with Gasteiger partial charge in [-0.3, -0.25) is 18.7 Å². The summed E-state index contributed by atoms with van der Waals surface area (Å²) in [6.07, 6.45) is -6.30. The predicted octanol–water partition coefficient (Wildman–Crippen LogP) is 9.04. The zero-order chi connectivity index (χ0) is 43.7. The van der Waals surface area contributed by atoms with E-state index >= 15 is 0 Å². The smallest absolute Gasteiger partial charge is 0.481 e. The molecule has 0 saturated carbocycles. The van der Waals surface area contributed by atoms with Gasteiger partial charge in [0.15, 0.2) is 21.6 Å². The molecule has 0 bridgehead atoms. The van der Waals surface area contributed by atoms with Gasteiger partial charge in [-0.05, 0) is 84.3 Å². The summed E-state index contributed by atoms with van der Waals surface area (Å²) in [7, 11) is 0. The van der Waals surface area contributed by atoms with Gasteiger partial charge in [-0.2, -0.15) is 0 Å². The lowest BCUT2D eigenvalue weighted by molar-refractivity contribution is -0.275. The first kappa shape index (κ1) is 44.2. The van der Waals surface area contributed by atoms with E-state index in [0.717, 1.165) is 17.3 Å². The minimum atomic E-state index is -4.76. The molecule has 0 fully saturated rings. The van der Waals surface area contributed by atoms with Crippen molar-refractivity contribution in [2.24, 2.45) is 0 Å². The lowest BCUT2D eigenvalue weighted by atomic mass is 10.1. The van der Waals surface area contributed by atoms with Crippen LogP contribution in [0.2, 0.25) is 0 Å². The van der Waals surface area contributed by atoms with Gasteiger partial charge in [0.05, 0.1) is 30.6 Å². The maximum absolute atomic E-state index is 13.1. The average molecular weight is 888 g/mol. The van der Waals surface area contributed by atoms with Crippen molar-refractivity contribution < 1.29 is 54.9 Å². The Morgan fingerprint density at radius 3 is 1.56 bits per heavy atom. The second kappa shape index (κ2) is 19.4. The molecule has 0 aliphatic heterocycles. The molecule has 0 spiro atoms. The van der Waals surface area contributed by atoms with Crippen LogP contribution in [0.25, 0.3) is 22.3 Å². The summed E-state index contributed by atoms with van der Waals surface area (Å²) in [6, 6.07) is 23.6. The van der Waals surface area contributed by atoms with Gasteiger partial charge < -0.3 is 19.9 Å². The second-order valence-corrected chi connectivity index (χ2v) is 14.7. The molecule has 7 aromatic rings. The minimum Gasteiger partial charge on any atom is -0.481 e. The number of nitrogens with zero attached hydrogens (tertiary/aromatic N) is 6. The Morgan fingerprint density at radius 2 is 1.13 bits per heavy atom. The number of nitrogens with one attached hydrogen (secondary N) is 1. The third kappa shape index (κ3) is 12.8. The van der Waals surface area contributed by atoms with E-state index in [1.807, 2.05) is 0 Å². The van der Waals surface area contributed by atoms with Crippen molar-refractivity contribution in [2.75, 3.05) is 11.5 Å². The first-order valence-electron chi connectivity index (χ1n) is 17.8. The molecule has 4 heterocycles. The zero-order valence-electron chi connectivity index (χ0n) is 31.5. The highest BCUT2D eigenvalue weighted by Gasteiger charge is 2.32. The average Bonchev–Trinajstić information content (AvgIpc) is 3.74. The molecular weight excluding hydrogens is 856 g/mol. The number of rotatable bonds is 14. The van der Waals surface area contributed by atoms with E-state index in [-0.39, 0.29) is 53.9 Å². The van der Waals surface area contributed by atoms with Gasteiger partial charge in [0.25, 0.3) is 0 Å². The molecule has 1 amide bonds. The Kier molecular flexibility index (Phi) is 14.0. The summed E-state index contributed by atoms with van der Waals surface area (Å²) in [5.74, 6) is -2.26. The fraction of sp³-hybridized carbons (Fsp3) is 0.200. The molecule has 318 valence electrons. The van der Waals surface area contributed by atoms with E-state index in [4.69, 9.17) is 5.11 Å². The third-order valence-corrected chi connectivity index (χ3v) is 10.3. The number of ether oxygens (including phenoxy) is 2. The van der Waals surface area contributed by atoms with Crippen LogP contribution >= 0.6 is 23.5 Å². The number of amides is 1. The maximum Gasteiger partial charge on any atom is 0.573 e. The summed E-state index contributed by atoms with van der Waals surface area (Å²) >= 11 is 2.27. The summed E-state index contributed by atoms with van der Waals surface area (Å²) in [4.78, 5) is 40.9. The third-order valence-electron chi connectivity index (χ3n) is 8.34. The number of aliphatic carboxylic acids is 1. The standard InChI is InChI=1S/C24H20F4N4O2S.C16H12F3N3O3S/c1-15(17-6-8-18(25)9-7-17)30-21(33)14-35-23-31-20-3-2-12-29-22(20)32(23)13-16-4-10-19(11-5-16)34-24(26,27)28;17-16(18,19)25-11-5-3-10(4-6-11)8-22-14-12(2-1-7-20-14)21-15(22)26-9-13(23)24/h2-12,15H,13-14H2,1H3,(H,30,33);1-7H,8-9H2,(H,23,24)/t15-;/m0./s1. The molecule has 2 N–H and O–H groups in total. The first-order valence-corrected chi connectivity index (χ1v) is 19.8. The minimum absolute atomic E-state index is 0.0766. The number of carboxylic acid groups (broad SMARTS) is 1. The number of carbonyl (C=O) groups is 2. The Hall–Kier alpha value is -6.35. The number of carboxylic acids is 1. The van der Waals surface area contributed by atoms with Crippen molar-refractivity contribution in [3.8, 4) is 11.5 Å². The molecule has 0 unspecified atom stereocenters. The van der Waals surface area contributed by atoms with E-state index in [1.54, 1.807) is 64.8 Å². The molecule has 12 nitrogen and oxygen atoms in total. The van der Waals surface area contributed by atoms with Crippen molar-refractivity contribution >= 4 is 57.7 Å². The lowest BCUT2D eigenvalue weighted by Gasteiger charge is -2.14. The van der Waals surface area contributed by atoms with Gasteiger partial charge in [-0.1, -0.05) is 59.9 Å². The monoisotopic (exact) mass is 887 g/mol. The van der Waals surface area contributed by atoms with Crippen LogP contribution in [0.15, 0.2) is 120 Å². The number of halogens is 7. The normalized spacial score (nSPS) is 12.1. The van der Waals surface area contributed by atoms with Gasteiger partial charge in [-0.25, -0.2) is 24.3 Å². The zero-order valence-corrected chi connectivity index (χ0v) is 33.2. The molecule has 0 saturated heterocycles. The van der Waals surface area contributed by atoms with Crippen LogP contribution < -0.4 is 14.8 Å². The Bertz CT molecular complexity index is 2590. The van der Waals surface area contributed by atoms with E-state index < -0.39 is 18.7 Å². The Balaban J connectivity index is 0.000000213. The van der Waals surface area contributed by atoms with E-state index in [2.05, 4.69) is 34.7 Å². The highest BCUT2D eigenvalue weighted by Crippen LogP contribution is 2.28. The summed E-state index contributed by atoms with van der Waals surface area (Å²) in [6.45, 7) is 2.37. The summed E-state index contributed by atoms with van der Waals surface area (Å²) < 4.78 is 98.4. The Labute approximate surface area is 350 Å². The topological polar surface area (TPSA) is 146 Å². The van der Waals surface area contributed by atoms with E-state index in [0.29, 0.717) is 43.8 Å². The maximum atomic E-state index is 13.1. The van der Waals surface area contributed by atoms with Crippen LogP contribution in [0.4, 0.5) is 30.7 Å². The predicted molar refractivity (Wildman–Crippen MR) is 212 cm³/mol. The fourth-order valence-corrected chi connectivity index (χ4v) is 7.25. The number of thioether (sulfide) groups is 2. The Morgan fingerprint density at radius 1 is 0.689 bits per heavy atom. The van der Waals surface area contributed by atoms with Crippen LogP contribution in [0.1, 0.15) is 29.7 Å². The van der Waals surface area contributed by atoms with Crippen LogP contribution in [0.5, 0.6) is 11.5 Å². The fourth-order valence-electron chi connectivity index (χ4n) is 5.71. The van der Waals surface area contributed by atoms with Gasteiger partial charge in [0.1, 0.15) is 28.3 Å². The molecule has 0 aliphatic carbocycles. The van der Waals surface area contributed by atoms with Crippen LogP contribution in [0.3, 0.4) is 0 Å². The number of hydrogen-bond donors (Lipinski definition) is 2. The summed E-state index contributed by atoms with van der Waals surface area (Å²) in [5.41, 5.74) is 4.58. The molecule has 4 aromatic heterocycles. The van der Waals surface area contributed by atoms with Gasteiger partial charge in [0.2, 0.25) is 5.91 Å². The van der Waals surface area contributed by atoms with Gasteiger partial charge in [0, 0.05) is 12.4 Å². The molecule has 0 aliphatic rings. The molecule has 7 rings (SSSR count). The van der Waals surface area contributed by atoms with Gasteiger partial charge in [-0.15, -0.1) is 26.3 Å². The molecule has 21 heteroatoms. The number of benzene rings is 3. The van der Waals surface area contributed by atoms with Gasteiger partial charge >= 0.3 is 18.7 Å². The quantitative estimate of drug-likeness (QED) is 0.0797. The number of aromatic nitrogens is 6. The van der Waals surface area contributed by atoms with E-state index in [1.165, 1.54) is 72.4 Å². The summed E-state index contributed by atoms with van der Waals surface area (Å²) in [5, 5.41) is 12.8. The second-order valence-electron chi connectivity index (χ2n) is 12.8. The van der Waals surface area contributed by atoms with Crippen LogP contribution in [-0.2, 0) is 22.7 Å². The number of fused-ring (bicyclic) bond motifs is 2. The van der Waals surface area contributed by atoms with Crippen molar-refractivity contribution in [2.45, 2.75) is 49.1 Å². The molecule has 61 heavy (non-hydrogen) atoms. The number of imidazole rings is 2. The SMILES string of the molecule is C[C@H](NC(=O)CSc1nc2cccnc2n1Cc1ccc(OC(F)(F)F)cc1)c1ccc(F)cc1.O=C(O)CSc1nc2cccnc2n1Cc1ccc(OC(F)(F)F)cc1. The van der Waals surface area contributed by atoms with Crippen molar-refractivity contribution in [1.29, 1.82) is 0 Å². The largest absolute Gasteiger partial charge is 0.573 e. The molecule has 3 aromatic carbocycles. The first-order chi connectivity index (χ1) is 29.0. The highest BCUT2D eigenvalue weighted by atomic mass is 32.2. The molecular formula is C40H32F7N7O5S2. The van der Waals surface area contributed by atoms with Crippen molar-refractivity contribution in [1.82, 2.24) is 34.4 Å². The molecule has 0 radical (unpaired) electrons. The molecule has 1 atom stereocenters. The number of carbonyl (C=O) groups excluding carboxylic acids is 1. The van der Waals surface area contributed by atoms with Crippen molar-refractivity contribution in [3.63, 3.8) is 0 Å². The number of alkyl halides is 6. The number of pyridine rings is 2. The number of hydrogen-bond acceptors (Lipinski definition) is 10. The van der Waals surface area contributed by atoms with Crippen LogP contribution in [-0.4, -0.2) is 70.3 Å².